The van der Waals surface area contributed by atoms with E-state index < -0.39 is 6.00 Å². The molecule has 0 unspecified atom stereocenters. The Balaban J connectivity index is 2.20. The molecule has 0 aliphatic heterocycles. The zero-order valence-corrected chi connectivity index (χ0v) is 17.2. The van der Waals surface area contributed by atoms with E-state index in [0.29, 0.717) is 12.7 Å². The lowest BCUT2D eigenvalue weighted by Gasteiger charge is -2.17. The van der Waals surface area contributed by atoms with Crippen LogP contribution in [-0.2, 0) is 6.42 Å². The molecule has 0 amide bonds. The molecular formula is C19H23Cl3OSi. The third kappa shape index (κ3) is 6.32. The van der Waals surface area contributed by atoms with Crippen molar-refractivity contribution in [3.8, 4) is 16.9 Å². The Kier molecular flexibility index (Phi) is 7.96. The zero-order chi connectivity index (χ0) is 17.4. The van der Waals surface area contributed by atoms with Crippen LogP contribution in [0.2, 0.25) is 6.04 Å². The second-order valence-corrected chi connectivity index (χ2v) is 15.1. The van der Waals surface area contributed by atoms with Gasteiger partial charge in [-0.2, -0.15) is 0 Å². The van der Waals surface area contributed by atoms with Gasteiger partial charge in [0, 0.05) is 5.56 Å². The largest absolute Gasteiger partial charge is 0.493 e. The van der Waals surface area contributed by atoms with Gasteiger partial charge in [0.2, 0.25) is 0 Å². The lowest BCUT2D eigenvalue weighted by Crippen LogP contribution is -2.11. The number of para-hydroxylation sites is 1. The first-order valence-electron chi connectivity index (χ1n) is 8.38. The number of rotatable bonds is 9. The molecule has 5 heteroatoms. The van der Waals surface area contributed by atoms with Gasteiger partial charge in [-0.15, -0.1) is 33.2 Å². The monoisotopic (exact) mass is 400 g/mol. The fraction of sp³-hybridized carbons (Fsp3) is 0.368. The molecule has 0 saturated carbocycles. The van der Waals surface area contributed by atoms with Crippen molar-refractivity contribution >= 4 is 39.2 Å². The standard InChI is InChI=1S/C19H23Cl3OSi/c1-2-3-9-17-12-7-13-18(16-10-5-4-6-11-16)19(17)23-14-8-15-24(20,21)22/h4-7,10-13H,2-3,8-9,14-15H2,1H3. The van der Waals surface area contributed by atoms with Crippen molar-refractivity contribution in [2.24, 2.45) is 0 Å². The maximum absolute atomic E-state index is 6.16. The molecule has 0 atom stereocenters. The molecule has 130 valence electrons. The van der Waals surface area contributed by atoms with Crippen molar-refractivity contribution in [2.45, 2.75) is 38.7 Å². The number of benzene rings is 2. The number of hydrogen-bond donors (Lipinski definition) is 0. The van der Waals surface area contributed by atoms with Crippen molar-refractivity contribution in [3.63, 3.8) is 0 Å². The number of hydrogen-bond acceptors (Lipinski definition) is 1. The van der Waals surface area contributed by atoms with Gasteiger partial charge >= 0.3 is 6.00 Å². The predicted molar refractivity (Wildman–Crippen MR) is 109 cm³/mol. The van der Waals surface area contributed by atoms with Crippen LogP contribution in [-0.4, -0.2) is 12.6 Å². The Morgan fingerprint density at radius 3 is 2.33 bits per heavy atom. The second kappa shape index (κ2) is 9.72. The summed E-state index contributed by atoms with van der Waals surface area (Å²) in [6.07, 6.45) is 4.09. The minimum atomic E-state index is -2.57. The van der Waals surface area contributed by atoms with Gasteiger partial charge in [-0.1, -0.05) is 61.9 Å². The first-order chi connectivity index (χ1) is 11.5. The summed E-state index contributed by atoms with van der Waals surface area (Å²) in [6, 6.07) is 14.8. The highest BCUT2D eigenvalue weighted by atomic mass is 35.8. The molecule has 24 heavy (non-hydrogen) atoms. The van der Waals surface area contributed by atoms with Gasteiger partial charge in [0.05, 0.1) is 6.61 Å². The van der Waals surface area contributed by atoms with E-state index in [-0.39, 0.29) is 0 Å². The van der Waals surface area contributed by atoms with Crippen LogP contribution in [0.1, 0.15) is 31.7 Å². The molecule has 0 heterocycles. The molecule has 2 aromatic rings. The number of ether oxygens (including phenoxy) is 1. The van der Waals surface area contributed by atoms with E-state index in [1.165, 1.54) is 11.1 Å². The average molecular weight is 402 g/mol. The lowest BCUT2D eigenvalue weighted by molar-refractivity contribution is 0.315. The molecule has 0 fully saturated rings. The third-order valence-electron chi connectivity index (χ3n) is 3.83. The molecule has 0 N–H and O–H groups in total. The fourth-order valence-corrected chi connectivity index (χ4v) is 4.36. The summed E-state index contributed by atoms with van der Waals surface area (Å²) >= 11 is 17.9. The molecule has 0 spiro atoms. The quantitative estimate of drug-likeness (QED) is 0.247. The summed E-state index contributed by atoms with van der Waals surface area (Å²) in [5, 5.41) is 0. The molecule has 2 aromatic carbocycles. The summed E-state index contributed by atoms with van der Waals surface area (Å²) < 4.78 is 6.16. The zero-order valence-electron chi connectivity index (χ0n) is 13.9. The Morgan fingerprint density at radius 1 is 0.917 bits per heavy atom. The van der Waals surface area contributed by atoms with E-state index in [9.17, 15) is 0 Å². The summed E-state index contributed by atoms with van der Waals surface area (Å²) in [5.74, 6) is 0.975. The highest BCUT2D eigenvalue weighted by Crippen LogP contribution is 2.35. The predicted octanol–water partition coefficient (Wildman–Crippen LogP) is 7.12. The van der Waals surface area contributed by atoms with E-state index in [2.05, 4.69) is 37.3 Å². The van der Waals surface area contributed by atoms with Crippen molar-refractivity contribution in [2.75, 3.05) is 6.61 Å². The Labute approximate surface area is 160 Å². The van der Waals surface area contributed by atoms with Gasteiger partial charge in [0.1, 0.15) is 5.75 Å². The lowest BCUT2D eigenvalue weighted by atomic mass is 9.98. The van der Waals surface area contributed by atoms with Crippen LogP contribution in [0.25, 0.3) is 11.1 Å². The van der Waals surface area contributed by atoms with Crippen LogP contribution >= 0.6 is 33.2 Å². The maximum atomic E-state index is 6.16. The van der Waals surface area contributed by atoms with Gasteiger partial charge in [0.15, 0.2) is 0 Å². The Morgan fingerprint density at radius 2 is 1.67 bits per heavy atom. The number of unbranched alkanes of at least 4 members (excludes halogenated alkanes) is 1. The second-order valence-electron chi connectivity index (χ2n) is 5.83. The normalized spacial score (nSPS) is 11.5. The average Bonchev–Trinajstić information content (AvgIpc) is 2.57. The van der Waals surface area contributed by atoms with Crippen LogP contribution in [0.3, 0.4) is 0 Å². The minimum Gasteiger partial charge on any atom is -0.493 e. The molecule has 0 saturated heterocycles. The molecule has 2 rings (SSSR count). The molecule has 0 aromatic heterocycles. The summed E-state index contributed by atoms with van der Waals surface area (Å²) in [4.78, 5) is 0. The van der Waals surface area contributed by atoms with Crippen molar-refractivity contribution < 1.29 is 4.74 Å². The summed E-state index contributed by atoms with van der Waals surface area (Å²) in [6.45, 7) is 2.77. The molecule has 0 bridgehead atoms. The molecule has 0 radical (unpaired) electrons. The van der Waals surface area contributed by atoms with E-state index in [0.717, 1.165) is 37.0 Å². The third-order valence-corrected chi connectivity index (χ3v) is 6.45. The smallest absolute Gasteiger partial charge is 0.341 e. The maximum Gasteiger partial charge on any atom is 0.341 e. The molecular weight excluding hydrogens is 379 g/mol. The Hall–Kier alpha value is -0.673. The van der Waals surface area contributed by atoms with Crippen LogP contribution < -0.4 is 4.74 Å². The minimum absolute atomic E-state index is 0.573. The van der Waals surface area contributed by atoms with E-state index in [1.54, 1.807) is 0 Å². The summed E-state index contributed by atoms with van der Waals surface area (Å²) in [5.41, 5.74) is 3.56. The van der Waals surface area contributed by atoms with Gasteiger partial charge in [-0.25, -0.2) is 0 Å². The SMILES string of the molecule is CCCCc1cccc(-c2ccccc2)c1OCCC[Si](Cl)(Cl)Cl. The van der Waals surface area contributed by atoms with E-state index in [1.807, 2.05) is 18.2 Å². The van der Waals surface area contributed by atoms with Crippen molar-refractivity contribution in [1.29, 1.82) is 0 Å². The summed E-state index contributed by atoms with van der Waals surface area (Å²) in [7, 11) is 0. The van der Waals surface area contributed by atoms with Gasteiger partial charge in [-0.05, 0) is 36.4 Å². The first-order valence-corrected chi connectivity index (χ1v) is 13.6. The van der Waals surface area contributed by atoms with Gasteiger partial charge in [-0.3, -0.25) is 0 Å². The molecule has 0 aliphatic carbocycles. The highest BCUT2D eigenvalue weighted by molar-refractivity contribution is 7.64. The van der Waals surface area contributed by atoms with Crippen LogP contribution in [0, 0.1) is 0 Å². The van der Waals surface area contributed by atoms with E-state index in [4.69, 9.17) is 38.0 Å². The van der Waals surface area contributed by atoms with Crippen LogP contribution in [0.4, 0.5) is 0 Å². The van der Waals surface area contributed by atoms with Crippen LogP contribution in [0.5, 0.6) is 5.75 Å². The number of aryl methyl sites for hydroxylation is 1. The van der Waals surface area contributed by atoms with E-state index >= 15 is 0 Å². The fourth-order valence-electron chi connectivity index (χ4n) is 2.61. The Bertz CT molecular complexity index is 626. The van der Waals surface area contributed by atoms with Crippen molar-refractivity contribution in [3.05, 3.63) is 54.1 Å². The first kappa shape index (κ1) is 19.6. The highest BCUT2D eigenvalue weighted by Gasteiger charge is 2.24. The topological polar surface area (TPSA) is 9.23 Å². The van der Waals surface area contributed by atoms with Crippen molar-refractivity contribution in [1.82, 2.24) is 0 Å². The van der Waals surface area contributed by atoms with Gasteiger partial charge in [0.25, 0.3) is 0 Å². The molecule has 0 aliphatic rings. The molecule has 1 nitrogen and oxygen atoms in total. The number of halogens is 3. The van der Waals surface area contributed by atoms with Crippen LogP contribution in [0.15, 0.2) is 48.5 Å². The van der Waals surface area contributed by atoms with Gasteiger partial charge < -0.3 is 4.74 Å².